The number of aliphatic carboxylic acids is 1. The maximum absolute atomic E-state index is 10.9. The van der Waals surface area contributed by atoms with E-state index >= 15 is 0 Å². The van der Waals surface area contributed by atoms with Crippen molar-refractivity contribution in [3.05, 3.63) is 18.1 Å². The summed E-state index contributed by atoms with van der Waals surface area (Å²) in [5.74, 6) is -0.184. The molecule has 1 heterocycles. The zero-order valence-electron chi connectivity index (χ0n) is 11.1. The van der Waals surface area contributed by atoms with Crippen molar-refractivity contribution in [2.75, 3.05) is 38.6 Å². The van der Waals surface area contributed by atoms with Crippen LogP contribution >= 0.6 is 0 Å². The van der Waals surface area contributed by atoms with Gasteiger partial charge in [-0.25, -0.2) is 9.97 Å². The first kappa shape index (κ1) is 14.4. The van der Waals surface area contributed by atoms with Crippen LogP contribution in [0.3, 0.4) is 0 Å². The summed E-state index contributed by atoms with van der Waals surface area (Å²) in [5, 5.41) is 8.94. The van der Waals surface area contributed by atoms with Crippen LogP contribution in [0.25, 0.3) is 0 Å². The van der Waals surface area contributed by atoms with Crippen LogP contribution in [0.1, 0.15) is 12.6 Å². The highest BCUT2D eigenvalue weighted by Crippen LogP contribution is 2.11. The second-order valence-electron chi connectivity index (χ2n) is 4.34. The van der Waals surface area contributed by atoms with E-state index in [1.54, 1.807) is 4.90 Å². The lowest BCUT2D eigenvalue weighted by atomic mass is 10.3. The molecule has 0 fully saturated rings. The Hall–Kier alpha value is -1.69. The van der Waals surface area contributed by atoms with Crippen molar-refractivity contribution in [1.82, 2.24) is 14.9 Å². The third-order valence-electron chi connectivity index (χ3n) is 2.54. The van der Waals surface area contributed by atoms with E-state index in [-0.39, 0.29) is 6.54 Å². The average molecular weight is 252 g/mol. The lowest BCUT2D eigenvalue weighted by Gasteiger charge is -2.23. The van der Waals surface area contributed by atoms with Crippen molar-refractivity contribution >= 4 is 11.8 Å². The van der Waals surface area contributed by atoms with Gasteiger partial charge < -0.3 is 14.9 Å². The number of nitrogens with zero attached hydrogens (tertiary/aromatic N) is 4. The van der Waals surface area contributed by atoms with Crippen LogP contribution in [0.4, 0.5) is 5.82 Å². The Morgan fingerprint density at radius 1 is 1.33 bits per heavy atom. The van der Waals surface area contributed by atoms with E-state index in [9.17, 15) is 4.79 Å². The van der Waals surface area contributed by atoms with Crippen molar-refractivity contribution in [2.24, 2.45) is 0 Å². The number of likely N-dealkylation sites (N-methyl/N-ethyl adjacent to an activating group) is 1. The van der Waals surface area contributed by atoms with Gasteiger partial charge in [0.15, 0.2) is 0 Å². The van der Waals surface area contributed by atoms with E-state index in [0.29, 0.717) is 12.4 Å². The zero-order chi connectivity index (χ0) is 13.5. The molecule has 1 N–H and O–H groups in total. The maximum Gasteiger partial charge on any atom is 0.323 e. The summed E-state index contributed by atoms with van der Waals surface area (Å²) in [5.41, 5.74) is 0.917. The van der Waals surface area contributed by atoms with Gasteiger partial charge in [-0.15, -0.1) is 0 Å². The Kier molecular flexibility index (Phi) is 5.51. The second-order valence-corrected chi connectivity index (χ2v) is 4.34. The van der Waals surface area contributed by atoms with E-state index in [1.165, 1.54) is 6.33 Å². The predicted molar refractivity (Wildman–Crippen MR) is 69.8 cm³/mol. The number of hydrogen-bond donors (Lipinski definition) is 1. The highest BCUT2D eigenvalue weighted by molar-refractivity contribution is 5.73. The van der Waals surface area contributed by atoms with Crippen LogP contribution in [-0.4, -0.2) is 59.7 Å². The number of carboxylic acid groups (broad SMARTS) is 1. The summed E-state index contributed by atoms with van der Waals surface area (Å²) < 4.78 is 0. The summed E-state index contributed by atoms with van der Waals surface area (Å²) in [6, 6.07) is 1.85. The molecule has 0 unspecified atom stereocenters. The Morgan fingerprint density at radius 3 is 2.61 bits per heavy atom. The topological polar surface area (TPSA) is 69.6 Å². The van der Waals surface area contributed by atoms with Crippen molar-refractivity contribution in [3.8, 4) is 0 Å². The molecule has 0 radical (unpaired) electrons. The molecule has 1 aromatic heterocycles. The minimum absolute atomic E-state index is 0.0476. The number of carboxylic acids is 1. The third kappa shape index (κ3) is 4.67. The summed E-state index contributed by atoms with van der Waals surface area (Å²) in [4.78, 5) is 22.9. The number of anilines is 1. The molecule has 0 atom stereocenters. The van der Waals surface area contributed by atoms with Gasteiger partial charge in [0.1, 0.15) is 18.7 Å². The molecule has 18 heavy (non-hydrogen) atoms. The molecule has 0 saturated heterocycles. The minimum Gasteiger partial charge on any atom is -0.480 e. The first-order valence-corrected chi connectivity index (χ1v) is 5.95. The molecule has 0 aliphatic carbocycles. The molecular weight excluding hydrogens is 232 g/mol. The van der Waals surface area contributed by atoms with Gasteiger partial charge >= 0.3 is 5.97 Å². The second kappa shape index (κ2) is 6.90. The molecule has 100 valence electrons. The highest BCUT2D eigenvalue weighted by Gasteiger charge is 2.12. The van der Waals surface area contributed by atoms with Crippen LogP contribution in [-0.2, 0) is 11.2 Å². The van der Waals surface area contributed by atoms with Gasteiger partial charge in [-0.05, 0) is 20.5 Å². The number of carbonyl (C=O) groups is 1. The van der Waals surface area contributed by atoms with Gasteiger partial charge in [-0.1, -0.05) is 6.92 Å². The van der Waals surface area contributed by atoms with Gasteiger partial charge in [0.25, 0.3) is 0 Å². The van der Waals surface area contributed by atoms with Crippen LogP contribution in [0.2, 0.25) is 0 Å². The number of aryl methyl sites for hydroxylation is 1. The molecule has 0 saturated carbocycles. The molecule has 0 bridgehead atoms. The van der Waals surface area contributed by atoms with Gasteiger partial charge in [0.2, 0.25) is 0 Å². The molecule has 0 amide bonds. The van der Waals surface area contributed by atoms with Crippen molar-refractivity contribution in [3.63, 3.8) is 0 Å². The van der Waals surface area contributed by atoms with E-state index in [2.05, 4.69) is 9.97 Å². The lowest BCUT2D eigenvalue weighted by molar-refractivity contribution is -0.135. The van der Waals surface area contributed by atoms with Crippen LogP contribution in [0.5, 0.6) is 0 Å². The Morgan fingerprint density at radius 2 is 2.06 bits per heavy atom. The van der Waals surface area contributed by atoms with Crippen molar-refractivity contribution in [1.29, 1.82) is 0 Å². The van der Waals surface area contributed by atoms with Gasteiger partial charge in [-0.3, -0.25) is 4.79 Å². The predicted octanol–water partition coefficient (Wildman–Crippen LogP) is 0.492. The molecular formula is C12H20N4O2. The molecule has 0 aromatic carbocycles. The lowest BCUT2D eigenvalue weighted by Crippen LogP contribution is -2.36. The molecule has 0 aliphatic rings. The Labute approximate surface area is 107 Å². The number of aromatic nitrogens is 2. The first-order chi connectivity index (χ1) is 8.52. The summed E-state index contributed by atoms with van der Waals surface area (Å²) >= 11 is 0. The smallest absolute Gasteiger partial charge is 0.323 e. The van der Waals surface area contributed by atoms with Gasteiger partial charge in [0, 0.05) is 24.8 Å². The first-order valence-electron chi connectivity index (χ1n) is 5.95. The number of hydrogen-bond acceptors (Lipinski definition) is 5. The molecule has 1 rings (SSSR count). The van der Waals surface area contributed by atoms with E-state index in [1.807, 2.05) is 32.0 Å². The fraction of sp³-hybridized carbons (Fsp3) is 0.583. The molecule has 6 heteroatoms. The fourth-order valence-corrected chi connectivity index (χ4v) is 1.51. The van der Waals surface area contributed by atoms with Crippen LogP contribution < -0.4 is 4.90 Å². The molecule has 1 aromatic rings. The quantitative estimate of drug-likeness (QED) is 0.761. The molecule has 0 spiro atoms. The monoisotopic (exact) mass is 252 g/mol. The standard InChI is InChI=1S/C12H20N4O2/c1-4-10-7-11(14-9-13-10)16(8-12(17)18)6-5-15(2)3/h7,9H,4-6,8H2,1-3H3,(H,17,18). The SMILES string of the molecule is CCc1cc(N(CCN(C)C)CC(=O)O)ncn1. The summed E-state index contributed by atoms with van der Waals surface area (Å²) in [6.45, 7) is 3.36. The molecule has 6 nitrogen and oxygen atoms in total. The largest absolute Gasteiger partial charge is 0.480 e. The maximum atomic E-state index is 10.9. The average Bonchev–Trinajstić information content (AvgIpc) is 2.34. The normalized spacial score (nSPS) is 10.7. The number of rotatable bonds is 7. The fourth-order valence-electron chi connectivity index (χ4n) is 1.51. The molecule has 0 aliphatic heterocycles. The van der Waals surface area contributed by atoms with Gasteiger partial charge in [0.05, 0.1) is 0 Å². The summed E-state index contributed by atoms with van der Waals surface area (Å²) in [7, 11) is 3.91. The summed E-state index contributed by atoms with van der Waals surface area (Å²) in [6.07, 6.45) is 2.29. The van der Waals surface area contributed by atoms with Crippen molar-refractivity contribution in [2.45, 2.75) is 13.3 Å². The highest BCUT2D eigenvalue weighted by atomic mass is 16.4. The van der Waals surface area contributed by atoms with E-state index < -0.39 is 5.97 Å². The zero-order valence-corrected chi connectivity index (χ0v) is 11.1. The third-order valence-corrected chi connectivity index (χ3v) is 2.54. The van der Waals surface area contributed by atoms with Crippen LogP contribution in [0.15, 0.2) is 12.4 Å². The van der Waals surface area contributed by atoms with Crippen LogP contribution in [0, 0.1) is 0 Å². The minimum atomic E-state index is -0.856. The van der Waals surface area contributed by atoms with E-state index in [4.69, 9.17) is 5.11 Å². The Bertz CT molecular complexity index is 395. The van der Waals surface area contributed by atoms with Crippen molar-refractivity contribution < 1.29 is 9.90 Å². The Balaban J connectivity index is 2.82. The van der Waals surface area contributed by atoms with E-state index in [0.717, 1.165) is 18.7 Å². The van der Waals surface area contributed by atoms with Gasteiger partial charge in [-0.2, -0.15) is 0 Å².